The predicted molar refractivity (Wildman–Crippen MR) is 99.7 cm³/mol. The number of amides is 2. The van der Waals surface area contributed by atoms with Crippen LogP contribution in [0.25, 0.3) is 10.9 Å². The molecule has 1 aromatic heterocycles. The van der Waals surface area contributed by atoms with Gasteiger partial charge in [-0.25, -0.2) is 4.79 Å². The number of pyridine rings is 1. The number of hydrogen-bond acceptors (Lipinski definition) is 2. The normalized spacial score (nSPS) is 10.8. The van der Waals surface area contributed by atoms with Crippen LogP contribution in [0.5, 0.6) is 0 Å². The molecule has 0 saturated carbocycles. The maximum atomic E-state index is 12.5. The third-order valence-corrected chi connectivity index (χ3v) is 4.05. The lowest BCUT2D eigenvalue weighted by atomic mass is 9.98. The fraction of sp³-hybridized carbons (Fsp3) is 0.200. The highest BCUT2D eigenvalue weighted by Gasteiger charge is 2.13. The number of fused-ring (bicyclic) bond motifs is 1. The lowest BCUT2D eigenvalue weighted by molar-refractivity contribution is 0.262. The number of urea groups is 1. The van der Waals surface area contributed by atoms with Crippen molar-refractivity contribution in [3.8, 4) is 0 Å². The van der Waals surface area contributed by atoms with E-state index in [2.05, 4.69) is 29.5 Å². The van der Waals surface area contributed by atoms with E-state index in [-0.39, 0.29) is 6.03 Å². The van der Waals surface area contributed by atoms with Crippen molar-refractivity contribution >= 4 is 28.3 Å². The zero-order valence-electron chi connectivity index (χ0n) is 14.1. The quantitative estimate of drug-likeness (QED) is 0.687. The molecule has 0 aliphatic carbocycles. The molecule has 0 bridgehead atoms. The van der Waals surface area contributed by atoms with Crippen molar-refractivity contribution in [1.29, 1.82) is 0 Å². The van der Waals surface area contributed by atoms with Crippen molar-refractivity contribution in [2.24, 2.45) is 0 Å². The van der Waals surface area contributed by atoms with Gasteiger partial charge in [-0.1, -0.05) is 50.2 Å². The Morgan fingerprint density at radius 2 is 1.75 bits per heavy atom. The minimum atomic E-state index is -0.260. The largest absolute Gasteiger partial charge is 0.323 e. The van der Waals surface area contributed by atoms with Gasteiger partial charge in [0.2, 0.25) is 0 Å². The number of nitrogens with one attached hydrogen (secondary N) is 2. The van der Waals surface area contributed by atoms with Crippen LogP contribution in [0.1, 0.15) is 30.9 Å². The molecule has 3 aromatic rings. The van der Waals surface area contributed by atoms with E-state index in [1.54, 1.807) is 6.20 Å². The van der Waals surface area contributed by atoms with Crippen LogP contribution in [0.2, 0.25) is 0 Å². The number of carbonyl (C=O) groups is 1. The van der Waals surface area contributed by atoms with Crippen molar-refractivity contribution in [1.82, 2.24) is 4.98 Å². The SMILES string of the molecule is Cc1cccc(C(C)C)c1NC(=O)Nc1cccc2cccnc12. The Balaban J connectivity index is 1.86. The number of hydrogen-bond donors (Lipinski definition) is 2. The molecule has 2 N–H and O–H groups in total. The van der Waals surface area contributed by atoms with Gasteiger partial charge in [-0.2, -0.15) is 0 Å². The van der Waals surface area contributed by atoms with Crippen LogP contribution in [0.4, 0.5) is 16.2 Å². The molecule has 0 saturated heterocycles. The van der Waals surface area contributed by atoms with Gasteiger partial charge >= 0.3 is 6.03 Å². The van der Waals surface area contributed by atoms with Gasteiger partial charge in [0.15, 0.2) is 0 Å². The second-order valence-corrected chi connectivity index (χ2v) is 6.15. The van der Waals surface area contributed by atoms with Crippen molar-refractivity contribution in [2.75, 3.05) is 10.6 Å². The van der Waals surface area contributed by atoms with Gasteiger partial charge in [-0.3, -0.25) is 4.98 Å². The van der Waals surface area contributed by atoms with Crippen molar-refractivity contribution in [3.63, 3.8) is 0 Å². The molecule has 4 nitrogen and oxygen atoms in total. The number of anilines is 2. The highest BCUT2D eigenvalue weighted by Crippen LogP contribution is 2.28. The molecule has 0 fully saturated rings. The summed E-state index contributed by atoms with van der Waals surface area (Å²) in [4.78, 5) is 16.9. The number of aromatic nitrogens is 1. The fourth-order valence-corrected chi connectivity index (χ4v) is 2.81. The number of carbonyl (C=O) groups excluding carboxylic acids is 1. The molecule has 0 aliphatic rings. The Hall–Kier alpha value is -2.88. The van der Waals surface area contributed by atoms with E-state index in [0.29, 0.717) is 11.6 Å². The highest BCUT2D eigenvalue weighted by molar-refractivity contribution is 6.05. The molecule has 0 radical (unpaired) electrons. The Morgan fingerprint density at radius 3 is 2.54 bits per heavy atom. The molecule has 1 heterocycles. The number of rotatable bonds is 3. The van der Waals surface area contributed by atoms with E-state index in [0.717, 1.165) is 27.7 Å². The molecule has 2 amide bonds. The molecule has 122 valence electrons. The summed E-state index contributed by atoms with van der Waals surface area (Å²) in [6.07, 6.45) is 1.73. The van der Waals surface area contributed by atoms with Gasteiger partial charge in [0.1, 0.15) is 0 Å². The maximum absolute atomic E-state index is 12.5. The number of nitrogens with zero attached hydrogens (tertiary/aromatic N) is 1. The number of benzene rings is 2. The molecular formula is C20H21N3O. The second kappa shape index (κ2) is 6.71. The molecule has 0 spiro atoms. The van der Waals surface area contributed by atoms with Gasteiger partial charge in [0, 0.05) is 17.3 Å². The second-order valence-electron chi connectivity index (χ2n) is 6.15. The third kappa shape index (κ3) is 3.23. The highest BCUT2D eigenvalue weighted by atomic mass is 16.2. The first-order chi connectivity index (χ1) is 11.6. The Bertz CT molecular complexity index is 882. The number of para-hydroxylation sites is 2. The standard InChI is InChI=1S/C20H21N3O/c1-13(2)16-10-4-7-14(3)18(16)23-20(24)22-17-11-5-8-15-9-6-12-21-19(15)17/h4-13H,1-3H3,(H2,22,23,24). The average Bonchev–Trinajstić information content (AvgIpc) is 2.57. The van der Waals surface area contributed by atoms with E-state index in [1.807, 2.05) is 55.5 Å². The monoisotopic (exact) mass is 319 g/mol. The van der Waals surface area contributed by atoms with Crippen molar-refractivity contribution in [3.05, 3.63) is 65.9 Å². The summed E-state index contributed by atoms with van der Waals surface area (Å²) < 4.78 is 0. The summed E-state index contributed by atoms with van der Waals surface area (Å²) in [6.45, 7) is 6.24. The van der Waals surface area contributed by atoms with Gasteiger partial charge in [0.05, 0.1) is 11.2 Å². The molecule has 0 atom stereocenters. The lowest BCUT2D eigenvalue weighted by Crippen LogP contribution is -2.21. The summed E-state index contributed by atoms with van der Waals surface area (Å²) in [7, 11) is 0. The van der Waals surface area contributed by atoms with Gasteiger partial charge in [-0.05, 0) is 36.1 Å². The van der Waals surface area contributed by atoms with Crippen LogP contribution in [0, 0.1) is 6.92 Å². The average molecular weight is 319 g/mol. The van der Waals surface area contributed by atoms with Crippen LogP contribution in [-0.2, 0) is 0 Å². The molecule has 0 aliphatic heterocycles. The van der Waals surface area contributed by atoms with Crippen LogP contribution in [0.3, 0.4) is 0 Å². The Labute approximate surface area is 141 Å². The van der Waals surface area contributed by atoms with Crippen LogP contribution in [-0.4, -0.2) is 11.0 Å². The van der Waals surface area contributed by atoms with Gasteiger partial charge < -0.3 is 10.6 Å². The van der Waals surface area contributed by atoms with Gasteiger partial charge in [0.25, 0.3) is 0 Å². The van der Waals surface area contributed by atoms with Crippen LogP contribution in [0.15, 0.2) is 54.7 Å². The van der Waals surface area contributed by atoms with Gasteiger partial charge in [-0.15, -0.1) is 0 Å². The summed E-state index contributed by atoms with van der Waals surface area (Å²) >= 11 is 0. The molecule has 3 rings (SSSR count). The zero-order valence-corrected chi connectivity index (χ0v) is 14.1. The predicted octanol–water partition coefficient (Wildman–Crippen LogP) is 5.31. The smallest absolute Gasteiger partial charge is 0.307 e. The summed E-state index contributed by atoms with van der Waals surface area (Å²) in [5.41, 5.74) is 4.53. The van der Waals surface area contributed by atoms with E-state index >= 15 is 0 Å². The summed E-state index contributed by atoms with van der Waals surface area (Å²) in [6, 6.07) is 15.4. The Kier molecular flexibility index (Phi) is 4.47. The minimum absolute atomic E-state index is 0.260. The molecule has 4 heteroatoms. The van der Waals surface area contributed by atoms with E-state index in [4.69, 9.17) is 0 Å². The molecule has 0 unspecified atom stereocenters. The van der Waals surface area contributed by atoms with Crippen molar-refractivity contribution in [2.45, 2.75) is 26.7 Å². The van der Waals surface area contributed by atoms with Crippen LogP contribution >= 0.6 is 0 Å². The zero-order chi connectivity index (χ0) is 17.1. The maximum Gasteiger partial charge on any atom is 0.323 e. The molecular weight excluding hydrogens is 298 g/mol. The van der Waals surface area contributed by atoms with Crippen LogP contribution < -0.4 is 10.6 Å². The first kappa shape index (κ1) is 16.0. The topological polar surface area (TPSA) is 54.0 Å². The molecule has 24 heavy (non-hydrogen) atoms. The van der Waals surface area contributed by atoms with E-state index < -0.39 is 0 Å². The minimum Gasteiger partial charge on any atom is -0.307 e. The Morgan fingerprint density at radius 1 is 1.00 bits per heavy atom. The third-order valence-electron chi connectivity index (χ3n) is 4.05. The first-order valence-corrected chi connectivity index (χ1v) is 8.07. The summed E-state index contributed by atoms with van der Waals surface area (Å²) in [5.74, 6) is 0.333. The first-order valence-electron chi connectivity index (χ1n) is 8.07. The lowest BCUT2D eigenvalue weighted by Gasteiger charge is -2.17. The summed E-state index contributed by atoms with van der Waals surface area (Å²) in [5, 5.41) is 6.90. The molecule has 2 aromatic carbocycles. The van der Waals surface area contributed by atoms with Crippen molar-refractivity contribution < 1.29 is 4.79 Å². The van der Waals surface area contributed by atoms with E-state index in [9.17, 15) is 4.79 Å². The van der Waals surface area contributed by atoms with E-state index in [1.165, 1.54) is 0 Å². The number of aryl methyl sites for hydroxylation is 1. The fourth-order valence-electron chi connectivity index (χ4n) is 2.81.